The molecular formula is C23H32N2O7S. The van der Waals surface area contributed by atoms with Gasteiger partial charge in [0.05, 0.1) is 25.2 Å². The van der Waals surface area contributed by atoms with E-state index in [9.17, 15) is 13.2 Å². The van der Waals surface area contributed by atoms with E-state index in [-0.39, 0.29) is 10.5 Å². The van der Waals surface area contributed by atoms with Crippen molar-refractivity contribution in [3.8, 4) is 17.2 Å². The SMILES string of the molecule is COCCOc1ccc(S(=O)(=O)NNC(=O)c2ccc(OCCC(C)C)c(OC)c2)cc1C. The summed E-state index contributed by atoms with van der Waals surface area (Å²) in [6.07, 6.45) is 0.882. The van der Waals surface area contributed by atoms with Gasteiger partial charge in [-0.1, -0.05) is 13.8 Å². The fourth-order valence-electron chi connectivity index (χ4n) is 2.76. The second-order valence-corrected chi connectivity index (χ2v) is 9.41. The smallest absolute Gasteiger partial charge is 0.266 e. The van der Waals surface area contributed by atoms with E-state index in [0.29, 0.717) is 48.6 Å². The van der Waals surface area contributed by atoms with Crippen molar-refractivity contribution >= 4 is 15.9 Å². The molecule has 1 amide bonds. The van der Waals surface area contributed by atoms with Gasteiger partial charge in [0.25, 0.3) is 15.9 Å². The number of benzene rings is 2. The fourth-order valence-corrected chi connectivity index (χ4v) is 3.69. The number of carbonyl (C=O) groups excluding carboxylic acids is 1. The van der Waals surface area contributed by atoms with Gasteiger partial charge in [-0.05, 0) is 61.2 Å². The van der Waals surface area contributed by atoms with Crippen LogP contribution in [0, 0.1) is 12.8 Å². The zero-order valence-corrected chi connectivity index (χ0v) is 20.5. The predicted molar refractivity (Wildman–Crippen MR) is 124 cm³/mol. The van der Waals surface area contributed by atoms with Crippen LogP contribution in [0.3, 0.4) is 0 Å². The number of rotatable bonds is 13. The van der Waals surface area contributed by atoms with Gasteiger partial charge in [-0.15, -0.1) is 4.83 Å². The summed E-state index contributed by atoms with van der Waals surface area (Å²) in [4.78, 5) is 14.6. The van der Waals surface area contributed by atoms with E-state index in [1.165, 1.54) is 31.4 Å². The first-order valence-corrected chi connectivity index (χ1v) is 12.0. The lowest BCUT2D eigenvalue weighted by molar-refractivity contribution is 0.0944. The van der Waals surface area contributed by atoms with E-state index in [1.807, 2.05) is 0 Å². The summed E-state index contributed by atoms with van der Waals surface area (Å²) in [6, 6.07) is 9.06. The number of hydrazine groups is 1. The molecule has 2 aromatic rings. The molecule has 182 valence electrons. The molecule has 0 radical (unpaired) electrons. The lowest BCUT2D eigenvalue weighted by atomic mass is 10.1. The molecule has 0 atom stereocenters. The first kappa shape index (κ1) is 26.4. The minimum atomic E-state index is -3.99. The zero-order chi connectivity index (χ0) is 24.4. The maximum atomic E-state index is 12.6. The molecule has 0 aromatic heterocycles. The summed E-state index contributed by atoms with van der Waals surface area (Å²) >= 11 is 0. The number of hydrogen-bond donors (Lipinski definition) is 2. The number of methoxy groups -OCH3 is 2. The number of aryl methyl sites for hydroxylation is 1. The number of hydrogen-bond acceptors (Lipinski definition) is 7. The first-order chi connectivity index (χ1) is 15.7. The van der Waals surface area contributed by atoms with Crippen molar-refractivity contribution in [3.63, 3.8) is 0 Å². The molecule has 0 fully saturated rings. The lowest BCUT2D eigenvalue weighted by Gasteiger charge is -2.14. The van der Waals surface area contributed by atoms with Crippen molar-refractivity contribution < 1.29 is 32.2 Å². The molecule has 10 heteroatoms. The highest BCUT2D eigenvalue weighted by Gasteiger charge is 2.18. The molecule has 0 aliphatic carbocycles. The Balaban J connectivity index is 2.03. The molecule has 0 heterocycles. The van der Waals surface area contributed by atoms with E-state index in [2.05, 4.69) is 24.1 Å². The number of ether oxygens (including phenoxy) is 4. The van der Waals surface area contributed by atoms with Crippen LogP contribution >= 0.6 is 0 Å². The third-order valence-corrected chi connectivity index (χ3v) is 5.92. The first-order valence-electron chi connectivity index (χ1n) is 10.5. The average molecular weight is 481 g/mol. The molecule has 0 saturated heterocycles. The minimum absolute atomic E-state index is 0.00845. The summed E-state index contributed by atoms with van der Waals surface area (Å²) in [6.45, 7) is 7.22. The normalized spacial score (nSPS) is 11.3. The van der Waals surface area contributed by atoms with Crippen LogP contribution in [0.5, 0.6) is 17.2 Å². The molecule has 0 spiro atoms. The monoisotopic (exact) mass is 480 g/mol. The molecule has 9 nitrogen and oxygen atoms in total. The van der Waals surface area contributed by atoms with Gasteiger partial charge in [0, 0.05) is 12.7 Å². The highest BCUT2D eigenvalue weighted by molar-refractivity contribution is 7.89. The van der Waals surface area contributed by atoms with Gasteiger partial charge in [-0.3, -0.25) is 10.2 Å². The Labute approximate surface area is 195 Å². The largest absolute Gasteiger partial charge is 0.493 e. The molecule has 0 aliphatic rings. The minimum Gasteiger partial charge on any atom is -0.493 e. The van der Waals surface area contributed by atoms with Crippen molar-refractivity contribution in [1.82, 2.24) is 10.3 Å². The van der Waals surface area contributed by atoms with E-state index >= 15 is 0 Å². The van der Waals surface area contributed by atoms with Gasteiger partial charge >= 0.3 is 0 Å². The van der Waals surface area contributed by atoms with Crippen molar-refractivity contribution in [2.75, 3.05) is 34.0 Å². The van der Waals surface area contributed by atoms with E-state index in [1.54, 1.807) is 26.2 Å². The Kier molecular flexibility index (Phi) is 9.95. The van der Waals surface area contributed by atoms with Crippen LogP contribution < -0.4 is 24.5 Å². The van der Waals surface area contributed by atoms with Crippen molar-refractivity contribution in [1.29, 1.82) is 0 Å². The number of amides is 1. The molecule has 33 heavy (non-hydrogen) atoms. The highest BCUT2D eigenvalue weighted by Crippen LogP contribution is 2.28. The summed E-state index contributed by atoms with van der Waals surface area (Å²) in [5.41, 5.74) is 3.07. The highest BCUT2D eigenvalue weighted by atomic mass is 32.2. The molecule has 2 aromatic carbocycles. The van der Waals surface area contributed by atoms with Crippen LogP contribution in [0.25, 0.3) is 0 Å². The molecule has 0 bridgehead atoms. The molecule has 2 rings (SSSR count). The standard InChI is InChI=1S/C23H32N2O7S/c1-16(2)10-11-31-21-8-6-18(15-22(21)30-5)23(26)24-25-33(27,28)19-7-9-20(17(3)14-19)32-13-12-29-4/h6-9,14-16,25H,10-13H2,1-5H3,(H,24,26). The van der Waals surface area contributed by atoms with Gasteiger partial charge in [0.2, 0.25) is 0 Å². The van der Waals surface area contributed by atoms with Gasteiger partial charge < -0.3 is 18.9 Å². The second kappa shape index (κ2) is 12.4. The second-order valence-electron chi connectivity index (χ2n) is 7.72. The van der Waals surface area contributed by atoms with E-state index in [4.69, 9.17) is 18.9 Å². The molecule has 2 N–H and O–H groups in total. The number of nitrogens with one attached hydrogen (secondary N) is 2. The quantitative estimate of drug-likeness (QED) is 0.335. The van der Waals surface area contributed by atoms with E-state index in [0.717, 1.165) is 6.42 Å². The summed E-state index contributed by atoms with van der Waals surface area (Å²) in [5, 5.41) is 0. The van der Waals surface area contributed by atoms with Crippen molar-refractivity contribution in [2.45, 2.75) is 32.1 Å². The fraction of sp³-hybridized carbons (Fsp3) is 0.435. The maximum Gasteiger partial charge on any atom is 0.266 e. The van der Waals surface area contributed by atoms with Gasteiger partial charge in [0.1, 0.15) is 12.4 Å². The Morgan fingerprint density at radius 2 is 1.64 bits per heavy atom. The predicted octanol–water partition coefficient (Wildman–Crippen LogP) is 3.08. The molecule has 0 aliphatic heterocycles. The summed E-state index contributed by atoms with van der Waals surface area (Å²) < 4.78 is 46.7. The van der Waals surface area contributed by atoms with Crippen LogP contribution in [0.4, 0.5) is 0 Å². The lowest BCUT2D eigenvalue weighted by Crippen LogP contribution is -2.41. The van der Waals surface area contributed by atoms with Crippen LogP contribution in [0.1, 0.15) is 36.2 Å². The third-order valence-electron chi connectivity index (χ3n) is 4.68. The van der Waals surface area contributed by atoms with Gasteiger partial charge in [0.15, 0.2) is 11.5 Å². The van der Waals surface area contributed by atoms with Crippen molar-refractivity contribution in [3.05, 3.63) is 47.5 Å². The molecular weight excluding hydrogens is 448 g/mol. The van der Waals surface area contributed by atoms with Crippen LogP contribution in [0.2, 0.25) is 0 Å². The van der Waals surface area contributed by atoms with Gasteiger partial charge in [-0.25, -0.2) is 8.42 Å². The Morgan fingerprint density at radius 3 is 2.27 bits per heavy atom. The van der Waals surface area contributed by atoms with Crippen LogP contribution in [-0.2, 0) is 14.8 Å². The summed E-state index contributed by atoms with van der Waals surface area (Å²) in [5.74, 6) is 1.31. The van der Waals surface area contributed by atoms with Gasteiger partial charge in [-0.2, -0.15) is 0 Å². The zero-order valence-electron chi connectivity index (χ0n) is 19.6. The van der Waals surface area contributed by atoms with Crippen LogP contribution in [-0.4, -0.2) is 48.4 Å². The molecule has 0 unspecified atom stereocenters. The maximum absolute atomic E-state index is 12.6. The molecule has 0 saturated carbocycles. The van der Waals surface area contributed by atoms with Crippen LogP contribution in [0.15, 0.2) is 41.3 Å². The Morgan fingerprint density at radius 1 is 0.939 bits per heavy atom. The van der Waals surface area contributed by atoms with E-state index < -0.39 is 15.9 Å². The Hall–Kier alpha value is -2.82. The summed E-state index contributed by atoms with van der Waals surface area (Å²) in [7, 11) is -0.950. The number of carbonyl (C=O) groups is 1. The van der Waals surface area contributed by atoms with Crippen molar-refractivity contribution in [2.24, 2.45) is 5.92 Å². The topological polar surface area (TPSA) is 112 Å². The Bertz CT molecular complexity index is 1040. The average Bonchev–Trinajstić information content (AvgIpc) is 2.78. The number of sulfonamides is 1. The third kappa shape index (κ3) is 7.92.